The van der Waals surface area contributed by atoms with Gasteiger partial charge >= 0.3 is 6.03 Å². The molecule has 1 aromatic rings. The van der Waals surface area contributed by atoms with Gasteiger partial charge in [-0.15, -0.1) is 0 Å². The number of rotatable bonds is 4. The van der Waals surface area contributed by atoms with Crippen LogP contribution in [0, 0.1) is 5.41 Å². The molecule has 0 unspecified atom stereocenters. The molecule has 0 aromatic heterocycles. The Kier molecular flexibility index (Phi) is 5.94. The van der Waals surface area contributed by atoms with E-state index in [2.05, 4.69) is 5.32 Å². The normalized spacial score (nSPS) is 26.7. The zero-order chi connectivity index (χ0) is 20.3. The molecule has 3 saturated heterocycles. The molecule has 1 aromatic carbocycles. The van der Waals surface area contributed by atoms with E-state index in [1.807, 2.05) is 34.1 Å². The number of likely N-dealkylation sites (tertiary alicyclic amines) is 2. The Morgan fingerprint density at radius 2 is 2.07 bits per heavy atom. The molecule has 29 heavy (non-hydrogen) atoms. The topological polar surface area (TPSA) is 71.1 Å². The third kappa shape index (κ3) is 4.34. The summed E-state index contributed by atoms with van der Waals surface area (Å²) in [5, 5.41) is 3.27. The van der Waals surface area contributed by atoms with Crippen LogP contribution in [0.1, 0.15) is 31.2 Å². The smallest absolute Gasteiger partial charge is 0.317 e. The van der Waals surface area contributed by atoms with Crippen molar-refractivity contribution in [2.45, 2.75) is 38.1 Å². The van der Waals surface area contributed by atoms with Gasteiger partial charge in [0, 0.05) is 44.2 Å². The third-order valence-electron chi connectivity index (χ3n) is 6.60. The lowest BCUT2D eigenvalue weighted by Crippen LogP contribution is -2.57. The quantitative estimate of drug-likeness (QED) is 0.838. The summed E-state index contributed by atoms with van der Waals surface area (Å²) in [7, 11) is 1.63. The van der Waals surface area contributed by atoms with Crippen LogP contribution in [0.15, 0.2) is 24.3 Å². The molecule has 0 saturated carbocycles. The van der Waals surface area contributed by atoms with Gasteiger partial charge in [0.1, 0.15) is 5.75 Å². The van der Waals surface area contributed by atoms with Gasteiger partial charge in [-0.1, -0.05) is 12.1 Å². The van der Waals surface area contributed by atoms with Crippen molar-refractivity contribution in [2.75, 3.05) is 46.5 Å². The fourth-order valence-electron chi connectivity index (χ4n) is 4.85. The summed E-state index contributed by atoms with van der Waals surface area (Å²) < 4.78 is 11.1. The SMILES string of the molecule is COc1cccc(CC(=O)N2CC[C@@]3(COCC[C@H]3NC(=O)N3CCCC3)C2)c1. The molecule has 0 aliphatic carbocycles. The monoisotopic (exact) mass is 401 g/mol. The van der Waals surface area contributed by atoms with Crippen molar-refractivity contribution in [3.63, 3.8) is 0 Å². The Morgan fingerprint density at radius 3 is 2.86 bits per heavy atom. The van der Waals surface area contributed by atoms with Crippen LogP contribution in [0.25, 0.3) is 0 Å². The predicted molar refractivity (Wildman–Crippen MR) is 109 cm³/mol. The van der Waals surface area contributed by atoms with Gasteiger partial charge in [-0.25, -0.2) is 4.79 Å². The van der Waals surface area contributed by atoms with E-state index >= 15 is 0 Å². The molecule has 3 aliphatic heterocycles. The first-order chi connectivity index (χ1) is 14.1. The molecule has 4 rings (SSSR count). The Labute approximate surface area is 172 Å². The number of hydrogen-bond donors (Lipinski definition) is 1. The van der Waals surface area contributed by atoms with Crippen molar-refractivity contribution >= 4 is 11.9 Å². The minimum Gasteiger partial charge on any atom is -0.497 e. The number of carbonyl (C=O) groups is 2. The van der Waals surface area contributed by atoms with E-state index in [0.717, 1.165) is 50.1 Å². The summed E-state index contributed by atoms with van der Waals surface area (Å²) in [6.45, 7) is 4.29. The van der Waals surface area contributed by atoms with Crippen LogP contribution in [-0.2, 0) is 16.0 Å². The molecule has 1 spiro atoms. The van der Waals surface area contributed by atoms with Crippen molar-refractivity contribution in [1.29, 1.82) is 0 Å². The van der Waals surface area contributed by atoms with Crippen LogP contribution >= 0.6 is 0 Å². The van der Waals surface area contributed by atoms with Crippen LogP contribution in [0.3, 0.4) is 0 Å². The number of amides is 3. The zero-order valence-electron chi connectivity index (χ0n) is 17.2. The summed E-state index contributed by atoms with van der Waals surface area (Å²) >= 11 is 0. The van der Waals surface area contributed by atoms with Gasteiger partial charge in [0.25, 0.3) is 0 Å². The lowest BCUT2D eigenvalue weighted by Gasteiger charge is -2.41. The largest absolute Gasteiger partial charge is 0.497 e. The summed E-state index contributed by atoms with van der Waals surface area (Å²) in [5.41, 5.74) is 0.770. The average Bonchev–Trinajstić information content (AvgIpc) is 3.41. The molecule has 1 N–H and O–H groups in total. The van der Waals surface area contributed by atoms with Crippen LogP contribution in [0.5, 0.6) is 5.75 Å². The zero-order valence-corrected chi connectivity index (χ0v) is 17.2. The fourth-order valence-corrected chi connectivity index (χ4v) is 4.85. The highest BCUT2D eigenvalue weighted by molar-refractivity contribution is 5.79. The lowest BCUT2D eigenvalue weighted by atomic mass is 9.77. The van der Waals surface area contributed by atoms with Gasteiger partial charge < -0.3 is 24.6 Å². The Balaban J connectivity index is 1.39. The number of urea groups is 1. The third-order valence-corrected chi connectivity index (χ3v) is 6.60. The highest BCUT2D eigenvalue weighted by Gasteiger charge is 2.48. The molecule has 3 amide bonds. The molecular weight excluding hydrogens is 370 g/mol. The first-order valence-corrected chi connectivity index (χ1v) is 10.6. The number of methoxy groups -OCH3 is 1. The second-order valence-electron chi connectivity index (χ2n) is 8.49. The van der Waals surface area contributed by atoms with Crippen molar-refractivity contribution in [1.82, 2.24) is 15.1 Å². The summed E-state index contributed by atoms with van der Waals surface area (Å²) in [5.74, 6) is 0.879. The van der Waals surface area contributed by atoms with Crippen LogP contribution < -0.4 is 10.1 Å². The molecule has 7 nitrogen and oxygen atoms in total. The average molecular weight is 402 g/mol. The number of benzene rings is 1. The van der Waals surface area contributed by atoms with E-state index in [-0.39, 0.29) is 23.4 Å². The lowest BCUT2D eigenvalue weighted by molar-refractivity contribution is -0.130. The summed E-state index contributed by atoms with van der Waals surface area (Å²) in [6, 6.07) is 7.74. The van der Waals surface area contributed by atoms with E-state index < -0.39 is 0 Å². The fraction of sp³-hybridized carbons (Fsp3) is 0.636. The highest BCUT2D eigenvalue weighted by atomic mass is 16.5. The van der Waals surface area contributed by atoms with Gasteiger partial charge in [-0.05, 0) is 43.4 Å². The molecule has 3 heterocycles. The van der Waals surface area contributed by atoms with E-state index in [0.29, 0.717) is 32.7 Å². The molecule has 158 valence electrons. The molecule has 3 aliphatic rings. The minimum atomic E-state index is -0.183. The van der Waals surface area contributed by atoms with E-state index in [1.54, 1.807) is 7.11 Å². The predicted octanol–water partition coefficient (Wildman–Crippen LogP) is 2.05. The molecule has 3 fully saturated rings. The molecule has 0 radical (unpaired) electrons. The maximum absolute atomic E-state index is 12.9. The molecular formula is C22H31N3O4. The summed E-state index contributed by atoms with van der Waals surface area (Å²) in [4.78, 5) is 29.4. The number of nitrogens with one attached hydrogen (secondary N) is 1. The van der Waals surface area contributed by atoms with Gasteiger partial charge in [-0.2, -0.15) is 0 Å². The molecule has 7 heteroatoms. The number of nitrogens with zero attached hydrogens (tertiary/aromatic N) is 2. The van der Waals surface area contributed by atoms with Crippen molar-refractivity contribution in [3.8, 4) is 5.75 Å². The van der Waals surface area contributed by atoms with Crippen LogP contribution in [-0.4, -0.2) is 74.3 Å². The van der Waals surface area contributed by atoms with E-state index in [9.17, 15) is 9.59 Å². The Morgan fingerprint density at radius 1 is 1.24 bits per heavy atom. The van der Waals surface area contributed by atoms with Gasteiger partial charge in [-0.3, -0.25) is 4.79 Å². The van der Waals surface area contributed by atoms with Crippen molar-refractivity contribution in [3.05, 3.63) is 29.8 Å². The second kappa shape index (κ2) is 8.61. The van der Waals surface area contributed by atoms with Gasteiger partial charge in [0.05, 0.1) is 20.1 Å². The Hall–Kier alpha value is -2.28. The second-order valence-corrected chi connectivity index (χ2v) is 8.49. The highest BCUT2D eigenvalue weighted by Crippen LogP contribution is 2.39. The van der Waals surface area contributed by atoms with E-state index in [1.165, 1.54) is 0 Å². The van der Waals surface area contributed by atoms with Crippen LogP contribution in [0.4, 0.5) is 4.79 Å². The van der Waals surface area contributed by atoms with Crippen molar-refractivity contribution in [2.24, 2.45) is 5.41 Å². The number of carbonyl (C=O) groups excluding carboxylic acids is 2. The number of hydrogen-bond acceptors (Lipinski definition) is 4. The minimum absolute atomic E-state index is 0.0370. The first-order valence-electron chi connectivity index (χ1n) is 10.6. The summed E-state index contributed by atoms with van der Waals surface area (Å²) in [6.07, 6.45) is 4.19. The number of ether oxygens (including phenoxy) is 2. The van der Waals surface area contributed by atoms with Crippen LogP contribution in [0.2, 0.25) is 0 Å². The molecule has 0 bridgehead atoms. The molecule has 2 atom stereocenters. The van der Waals surface area contributed by atoms with Crippen molar-refractivity contribution < 1.29 is 19.1 Å². The maximum Gasteiger partial charge on any atom is 0.317 e. The van der Waals surface area contributed by atoms with E-state index in [4.69, 9.17) is 9.47 Å². The standard InChI is InChI=1S/C22H31N3O4/c1-28-18-6-4-5-17(13-18)14-20(26)25-11-8-22(15-25)16-29-12-7-19(22)23-21(27)24-9-2-3-10-24/h4-6,13,19H,2-3,7-12,14-16H2,1H3,(H,23,27)/t19-,22+/m1/s1. The van der Waals surface area contributed by atoms with Gasteiger partial charge in [0.15, 0.2) is 0 Å². The first kappa shape index (κ1) is 20.0. The Bertz CT molecular complexity index is 749. The maximum atomic E-state index is 12.9. The van der Waals surface area contributed by atoms with Gasteiger partial charge in [0.2, 0.25) is 5.91 Å².